The smallest absolute Gasteiger partial charge is 0.222 e. The number of carbonyl (C=O) groups is 1. The molecule has 1 aromatic carbocycles. The summed E-state index contributed by atoms with van der Waals surface area (Å²) in [5.74, 6) is 0.846. The number of hydrogen-bond donors (Lipinski definition) is 0. The normalized spacial score (nSPS) is 15.2. The first-order valence-corrected chi connectivity index (χ1v) is 10.9. The highest BCUT2D eigenvalue weighted by atomic mass is 16.2. The zero-order chi connectivity index (χ0) is 21.0. The van der Waals surface area contributed by atoms with E-state index >= 15 is 0 Å². The lowest BCUT2D eigenvalue weighted by Gasteiger charge is -2.38. The van der Waals surface area contributed by atoms with Crippen molar-refractivity contribution in [3.63, 3.8) is 0 Å². The Hall–Kier alpha value is -2.30. The van der Waals surface area contributed by atoms with Crippen molar-refractivity contribution in [2.24, 2.45) is 5.92 Å². The van der Waals surface area contributed by atoms with Crippen LogP contribution in [0.2, 0.25) is 0 Å². The van der Waals surface area contributed by atoms with Gasteiger partial charge in [0.2, 0.25) is 5.91 Å². The standard InChI is InChI=1S/C24H36N4O/c1-18(2)17-28-20(4)23(19(3)25-28)11-12-24(29)27-15-13-22(14-16-27)26(5)21-9-7-6-8-10-21/h6-10,18,22H,11-17H2,1-5H3. The molecule has 1 fully saturated rings. The molecule has 3 rings (SSSR count). The van der Waals surface area contributed by atoms with Gasteiger partial charge in [-0.25, -0.2) is 0 Å². The molecular weight excluding hydrogens is 360 g/mol. The third-order valence-electron chi connectivity index (χ3n) is 6.19. The van der Waals surface area contributed by atoms with Gasteiger partial charge >= 0.3 is 0 Å². The highest BCUT2D eigenvalue weighted by molar-refractivity contribution is 5.76. The van der Waals surface area contributed by atoms with Crippen molar-refractivity contribution in [1.82, 2.24) is 14.7 Å². The summed E-state index contributed by atoms with van der Waals surface area (Å²) in [7, 11) is 2.16. The zero-order valence-corrected chi connectivity index (χ0v) is 18.7. The summed E-state index contributed by atoms with van der Waals surface area (Å²) in [5, 5.41) is 4.69. The van der Waals surface area contributed by atoms with E-state index in [1.54, 1.807) is 0 Å². The number of nitrogens with zero attached hydrogens (tertiary/aromatic N) is 4. The first kappa shape index (κ1) is 21.4. The Labute approximate surface area is 175 Å². The van der Waals surface area contributed by atoms with E-state index in [4.69, 9.17) is 0 Å². The van der Waals surface area contributed by atoms with E-state index in [1.807, 2.05) is 0 Å². The highest BCUT2D eigenvalue weighted by Gasteiger charge is 2.25. The molecule has 0 radical (unpaired) electrons. The molecule has 1 aromatic heterocycles. The summed E-state index contributed by atoms with van der Waals surface area (Å²) < 4.78 is 2.10. The van der Waals surface area contributed by atoms with Crippen LogP contribution in [0.3, 0.4) is 0 Å². The molecule has 0 N–H and O–H groups in total. The molecule has 158 valence electrons. The Morgan fingerprint density at radius 1 is 1.17 bits per heavy atom. The van der Waals surface area contributed by atoms with Crippen LogP contribution in [0.1, 0.15) is 50.1 Å². The number of aromatic nitrogens is 2. The Morgan fingerprint density at radius 2 is 1.83 bits per heavy atom. The van der Waals surface area contributed by atoms with E-state index in [0.717, 1.165) is 44.6 Å². The van der Waals surface area contributed by atoms with Gasteiger partial charge in [0, 0.05) is 50.5 Å². The molecular formula is C24H36N4O. The Morgan fingerprint density at radius 3 is 2.45 bits per heavy atom. The second-order valence-corrected chi connectivity index (χ2v) is 8.78. The number of para-hydroxylation sites is 1. The molecule has 0 atom stereocenters. The second kappa shape index (κ2) is 9.47. The second-order valence-electron chi connectivity index (χ2n) is 8.78. The lowest BCUT2D eigenvalue weighted by Crippen LogP contribution is -2.45. The minimum absolute atomic E-state index is 0.279. The van der Waals surface area contributed by atoms with Crippen LogP contribution in [-0.4, -0.2) is 46.8 Å². The number of amides is 1. The quantitative estimate of drug-likeness (QED) is 0.704. The minimum atomic E-state index is 0.279. The lowest BCUT2D eigenvalue weighted by molar-refractivity contribution is -0.132. The number of carbonyl (C=O) groups excluding carboxylic acids is 1. The van der Waals surface area contributed by atoms with Gasteiger partial charge in [-0.2, -0.15) is 5.10 Å². The average molecular weight is 397 g/mol. The van der Waals surface area contributed by atoms with Crippen molar-refractivity contribution in [2.75, 3.05) is 25.0 Å². The van der Waals surface area contributed by atoms with Gasteiger partial charge in [0.25, 0.3) is 0 Å². The molecule has 1 amide bonds. The van der Waals surface area contributed by atoms with Gasteiger partial charge in [0.15, 0.2) is 0 Å². The molecule has 29 heavy (non-hydrogen) atoms. The molecule has 0 unspecified atom stereocenters. The molecule has 1 saturated heterocycles. The van der Waals surface area contributed by atoms with E-state index in [9.17, 15) is 4.79 Å². The number of piperidine rings is 1. The third kappa shape index (κ3) is 5.20. The molecule has 1 aliphatic heterocycles. The van der Waals surface area contributed by atoms with Crippen LogP contribution >= 0.6 is 0 Å². The minimum Gasteiger partial charge on any atom is -0.371 e. The van der Waals surface area contributed by atoms with Crippen LogP contribution in [0.4, 0.5) is 5.69 Å². The van der Waals surface area contributed by atoms with E-state index in [2.05, 4.69) is 84.7 Å². The van der Waals surface area contributed by atoms with Crippen LogP contribution in [0.15, 0.2) is 30.3 Å². The molecule has 0 saturated carbocycles. The Balaban J connectivity index is 1.51. The SMILES string of the molecule is Cc1nn(CC(C)C)c(C)c1CCC(=O)N1CCC(N(C)c2ccccc2)CC1. The summed E-state index contributed by atoms with van der Waals surface area (Å²) in [5.41, 5.74) is 4.78. The van der Waals surface area contributed by atoms with Crippen molar-refractivity contribution in [3.05, 3.63) is 47.3 Å². The monoisotopic (exact) mass is 396 g/mol. The van der Waals surface area contributed by atoms with Crippen LogP contribution in [-0.2, 0) is 17.8 Å². The topological polar surface area (TPSA) is 41.4 Å². The number of hydrogen-bond acceptors (Lipinski definition) is 3. The third-order valence-corrected chi connectivity index (χ3v) is 6.19. The Kier molecular flexibility index (Phi) is 6.99. The summed E-state index contributed by atoms with van der Waals surface area (Å²) in [6.45, 7) is 11.2. The average Bonchev–Trinajstić information content (AvgIpc) is 2.98. The van der Waals surface area contributed by atoms with Crippen molar-refractivity contribution >= 4 is 11.6 Å². The van der Waals surface area contributed by atoms with Gasteiger partial charge in [-0.3, -0.25) is 9.48 Å². The van der Waals surface area contributed by atoms with Crippen LogP contribution < -0.4 is 4.90 Å². The summed E-state index contributed by atoms with van der Waals surface area (Å²) in [6, 6.07) is 11.0. The van der Waals surface area contributed by atoms with Crippen LogP contribution in [0.25, 0.3) is 0 Å². The van der Waals surface area contributed by atoms with Crippen LogP contribution in [0.5, 0.6) is 0 Å². The molecule has 5 nitrogen and oxygen atoms in total. The maximum Gasteiger partial charge on any atom is 0.222 e. The fraction of sp³-hybridized carbons (Fsp3) is 0.583. The lowest BCUT2D eigenvalue weighted by atomic mass is 10.0. The zero-order valence-electron chi connectivity index (χ0n) is 18.7. The fourth-order valence-electron chi connectivity index (χ4n) is 4.39. The number of benzene rings is 1. The number of anilines is 1. The van der Waals surface area contributed by atoms with E-state index in [-0.39, 0.29) is 5.91 Å². The van der Waals surface area contributed by atoms with Crippen molar-refractivity contribution in [1.29, 1.82) is 0 Å². The highest BCUT2D eigenvalue weighted by Crippen LogP contribution is 2.23. The van der Waals surface area contributed by atoms with Gasteiger partial charge in [-0.15, -0.1) is 0 Å². The first-order valence-electron chi connectivity index (χ1n) is 10.9. The van der Waals surface area contributed by atoms with E-state index < -0.39 is 0 Å². The maximum atomic E-state index is 12.8. The number of rotatable bonds is 7. The number of likely N-dealkylation sites (tertiary alicyclic amines) is 1. The van der Waals surface area contributed by atoms with Gasteiger partial charge in [-0.1, -0.05) is 32.0 Å². The van der Waals surface area contributed by atoms with Crippen LogP contribution in [0, 0.1) is 19.8 Å². The van der Waals surface area contributed by atoms with Gasteiger partial charge < -0.3 is 9.80 Å². The predicted octanol–water partition coefficient (Wildman–Crippen LogP) is 4.22. The molecule has 0 bridgehead atoms. The van der Waals surface area contributed by atoms with Crippen molar-refractivity contribution < 1.29 is 4.79 Å². The van der Waals surface area contributed by atoms with Crippen molar-refractivity contribution in [3.8, 4) is 0 Å². The molecule has 2 heterocycles. The summed E-state index contributed by atoms with van der Waals surface area (Å²) in [6.07, 6.45) is 3.43. The maximum absolute atomic E-state index is 12.8. The predicted molar refractivity (Wildman–Crippen MR) is 119 cm³/mol. The number of aryl methyl sites for hydroxylation is 1. The van der Waals surface area contributed by atoms with Gasteiger partial charge in [-0.05, 0) is 56.7 Å². The molecule has 5 heteroatoms. The van der Waals surface area contributed by atoms with Crippen molar-refractivity contribution in [2.45, 2.75) is 66.0 Å². The Bertz CT molecular complexity index is 804. The summed E-state index contributed by atoms with van der Waals surface area (Å²) >= 11 is 0. The molecule has 0 spiro atoms. The first-order chi connectivity index (χ1) is 13.9. The molecule has 0 aliphatic carbocycles. The summed E-state index contributed by atoms with van der Waals surface area (Å²) in [4.78, 5) is 17.2. The van der Waals surface area contributed by atoms with Gasteiger partial charge in [0.1, 0.15) is 0 Å². The fourth-order valence-corrected chi connectivity index (χ4v) is 4.39. The molecule has 1 aliphatic rings. The van der Waals surface area contributed by atoms with E-state index in [0.29, 0.717) is 18.4 Å². The largest absolute Gasteiger partial charge is 0.371 e. The van der Waals surface area contributed by atoms with Gasteiger partial charge in [0.05, 0.1) is 5.69 Å². The van der Waals surface area contributed by atoms with E-state index in [1.165, 1.54) is 16.9 Å². The molecule has 2 aromatic rings.